The highest BCUT2D eigenvalue weighted by molar-refractivity contribution is 6.28. The van der Waals surface area contributed by atoms with Gasteiger partial charge in [0.15, 0.2) is 0 Å². The number of piperidine rings is 1. The molecule has 72 heavy (non-hydrogen) atoms. The van der Waals surface area contributed by atoms with E-state index in [0.717, 1.165) is 50.3 Å². The van der Waals surface area contributed by atoms with E-state index < -0.39 is 35.4 Å². The first-order valence-electron chi connectivity index (χ1n) is 25.3. The minimum atomic E-state index is -1.03. The van der Waals surface area contributed by atoms with Crippen molar-refractivity contribution >= 4 is 64.4 Å². The van der Waals surface area contributed by atoms with Gasteiger partial charge >= 0.3 is 18.0 Å². The van der Waals surface area contributed by atoms with Crippen molar-refractivity contribution in [3.05, 3.63) is 76.6 Å². The summed E-state index contributed by atoms with van der Waals surface area (Å²) < 4.78 is 13.0. The molecular weight excluding hydrogens is 940 g/mol. The lowest BCUT2D eigenvalue weighted by Gasteiger charge is -2.40. The molecule has 390 valence electrons. The number of carbonyl (C=O) groups excluding carboxylic acids is 5. The van der Waals surface area contributed by atoms with Crippen LogP contribution in [0, 0.1) is 11.3 Å². The number of allylic oxidation sites excluding steroid dienone is 1. The molecule has 5 amide bonds. The number of likely N-dealkylation sites (N-methyl/N-ethyl adjacent to an activating group) is 1. The van der Waals surface area contributed by atoms with Crippen molar-refractivity contribution in [2.75, 3.05) is 78.9 Å². The van der Waals surface area contributed by atoms with Crippen molar-refractivity contribution in [2.24, 2.45) is 11.3 Å². The number of hydrogen-bond acceptors (Lipinski definition) is 13. The zero-order chi connectivity index (χ0) is 51.9. The van der Waals surface area contributed by atoms with Crippen LogP contribution in [0.4, 0.5) is 15.3 Å². The molecule has 4 aliphatic heterocycles. The van der Waals surface area contributed by atoms with Gasteiger partial charge in [0.1, 0.15) is 24.5 Å². The number of pyridine rings is 1. The zero-order valence-corrected chi connectivity index (χ0v) is 44.1. The summed E-state index contributed by atoms with van der Waals surface area (Å²) in [6.45, 7) is 15.2. The highest BCUT2D eigenvalue weighted by Gasteiger charge is 2.40. The van der Waals surface area contributed by atoms with Gasteiger partial charge in [0, 0.05) is 95.9 Å². The van der Waals surface area contributed by atoms with E-state index in [-0.39, 0.29) is 54.5 Å². The Morgan fingerprint density at radius 2 is 1.81 bits per heavy atom. The molecule has 4 aliphatic rings. The maximum absolute atomic E-state index is 14.8. The Hall–Kier alpha value is -5.89. The van der Waals surface area contributed by atoms with E-state index >= 15 is 0 Å². The number of urea groups is 1. The summed E-state index contributed by atoms with van der Waals surface area (Å²) in [6.07, 6.45) is 10.5. The van der Waals surface area contributed by atoms with E-state index in [0.29, 0.717) is 71.4 Å². The molecule has 1 unspecified atom stereocenters. The second-order valence-corrected chi connectivity index (χ2v) is 20.9. The number of esters is 1. The molecule has 1 aromatic carbocycles. The van der Waals surface area contributed by atoms with Crippen LogP contribution in [-0.4, -0.2) is 172 Å². The Kier molecular flexibility index (Phi) is 17.8. The predicted octanol–water partition coefficient (Wildman–Crippen LogP) is 6.19. The van der Waals surface area contributed by atoms with Crippen LogP contribution >= 0.6 is 11.6 Å². The number of aromatic nitrogens is 4. The first-order valence-corrected chi connectivity index (χ1v) is 25.6. The molecule has 0 spiro atoms. The van der Waals surface area contributed by atoms with E-state index in [4.69, 9.17) is 26.1 Å². The summed E-state index contributed by atoms with van der Waals surface area (Å²) in [5, 5.41) is 12.0. The fourth-order valence-corrected chi connectivity index (χ4v) is 10.4. The number of anilines is 1. The molecule has 6 heterocycles. The molecule has 3 aromatic rings. The zero-order valence-electron chi connectivity index (χ0n) is 43.3. The van der Waals surface area contributed by atoms with E-state index in [1.807, 2.05) is 32.9 Å². The van der Waals surface area contributed by atoms with Gasteiger partial charge < -0.3 is 34.8 Å². The molecule has 5 atom stereocenters. The Balaban J connectivity index is 1.16. The fraction of sp³-hybridized carbons (Fsp3) is 0.577. The van der Waals surface area contributed by atoms with Crippen molar-refractivity contribution in [1.82, 2.24) is 55.1 Å². The summed E-state index contributed by atoms with van der Waals surface area (Å²) >= 11 is 5.85. The molecule has 0 saturated carbocycles. The Labute approximate surface area is 428 Å². The summed E-state index contributed by atoms with van der Waals surface area (Å²) in [5.41, 5.74) is 9.54. The lowest BCUT2D eigenvalue weighted by atomic mass is 9.82. The lowest BCUT2D eigenvalue weighted by molar-refractivity contribution is -0.155. The molecule has 2 aromatic heterocycles. The number of rotatable bonds is 10. The minimum absolute atomic E-state index is 0.0283. The molecule has 20 heteroatoms. The predicted molar refractivity (Wildman–Crippen MR) is 276 cm³/mol. The van der Waals surface area contributed by atoms with Crippen molar-refractivity contribution in [2.45, 2.75) is 110 Å². The standard InChI is InChI=1S/C52H73ClN12O7/c1-10-54-41-18-17-35-27-40(41)38(26-36-14-11-21-55-44(36)34(4)71-9)28-52(5,6)31-72-48(68)42-16-13-23-64(58-42)47(67)43(30-62-22-12-15-37(35)29-62)57-46(66)45(33(2)3)61(8)50(69)63-24-19-39(20-25-63)60(7)51(70)65-32-56-49(53)59-65/h11,14-15,17-18,21,26-27,32-34,39,42-43,45,54,58H,10,12-13,16,19-20,22-25,28-31H2,1-9H3,(H,57,66)/b38-26+/t34-,42-,43-,45-/m0/s1. The van der Waals surface area contributed by atoms with Gasteiger partial charge in [-0.25, -0.2) is 20.0 Å². The monoisotopic (exact) mass is 1010 g/mol. The van der Waals surface area contributed by atoms with Crippen LogP contribution < -0.4 is 16.1 Å². The molecule has 2 fully saturated rings. The molecule has 6 bridgehead atoms. The third-order valence-corrected chi connectivity index (χ3v) is 14.4. The van der Waals surface area contributed by atoms with Crippen molar-refractivity contribution in [1.29, 1.82) is 0 Å². The average molecular weight is 1010 g/mol. The normalized spacial score (nSPS) is 22.5. The molecule has 3 N–H and O–H groups in total. The number of methoxy groups -OCH3 is 1. The maximum atomic E-state index is 14.8. The summed E-state index contributed by atoms with van der Waals surface area (Å²) in [7, 11) is 4.98. The third-order valence-electron chi connectivity index (χ3n) is 14.2. The molecule has 19 nitrogen and oxygen atoms in total. The highest BCUT2D eigenvalue weighted by atomic mass is 35.5. The van der Waals surface area contributed by atoms with Crippen molar-refractivity contribution in [3.63, 3.8) is 0 Å². The number of likely N-dealkylation sites (tertiary alicyclic amines) is 1. The van der Waals surface area contributed by atoms with E-state index in [2.05, 4.69) is 82.2 Å². The Morgan fingerprint density at radius 3 is 2.50 bits per heavy atom. The van der Waals surface area contributed by atoms with Gasteiger partial charge in [-0.05, 0) is 116 Å². The van der Waals surface area contributed by atoms with Crippen LogP contribution in [0.1, 0.15) is 109 Å². The molecule has 7 rings (SSSR count). The summed E-state index contributed by atoms with van der Waals surface area (Å²) in [6, 6.07) is 6.83. The van der Waals surface area contributed by atoms with Gasteiger partial charge in [-0.2, -0.15) is 4.68 Å². The molecular formula is C52H73ClN12O7. The van der Waals surface area contributed by atoms with Crippen LogP contribution in [0.15, 0.2) is 48.9 Å². The quantitative estimate of drug-likeness (QED) is 0.195. The van der Waals surface area contributed by atoms with E-state index in [1.165, 1.54) is 16.2 Å². The largest absolute Gasteiger partial charge is 0.464 e. The third kappa shape index (κ3) is 12.8. The number of nitrogens with zero attached hydrogens (tertiary/aromatic N) is 9. The number of cyclic esters (lactones) is 1. The number of hydrazine groups is 1. The lowest BCUT2D eigenvalue weighted by Crippen LogP contribution is -2.64. The smallest absolute Gasteiger partial charge is 0.346 e. The van der Waals surface area contributed by atoms with E-state index in [9.17, 15) is 24.0 Å². The average Bonchev–Trinajstić information content (AvgIpc) is 3.82. The topological polar surface area (TPSA) is 200 Å². The van der Waals surface area contributed by atoms with Crippen LogP contribution in [-0.2, 0) is 23.9 Å². The van der Waals surface area contributed by atoms with E-state index in [1.54, 1.807) is 37.2 Å². The number of benzene rings is 1. The van der Waals surface area contributed by atoms with Crippen molar-refractivity contribution < 1.29 is 33.4 Å². The number of ether oxygens (including phenoxy) is 2. The number of nitrogens with one attached hydrogen (secondary N) is 3. The number of hydrogen-bond donors (Lipinski definition) is 3. The maximum Gasteiger partial charge on any atom is 0.346 e. The summed E-state index contributed by atoms with van der Waals surface area (Å²) in [5.74, 6) is -1.62. The first kappa shape index (κ1) is 53.9. The first-order chi connectivity index (χ1) is 34.4. The van der Waals surface area contributed by atoms with Crippen molar-refractivity contribution in [3.8, 4) is 0 Å². The van der Waals surface area contributed by atoms with Gasteiger partial charge in [-0.1, -0.05) is 45.9 Å². The SMILES string of the molecule is CCNc1ccc2cc1/C(=C/c1cccnc1[C@H](C)OC)CC(C)(C)COC(=O)[C@@H]1CCCN(N1)C(=O)[C@@H](NC(=O)[C@H](C(C)C)N(C)C(=O)N1CCC(N(C)C(=O)n3cnc(Cl)n3)CC1)CN1CCC=C2C1. The van der Waals surface area contributed by atoms with Gasteiger partial charge in [0.05, 0.1) is 18.4 Å². The molecule has 0 aliphatic carbocycles. The minimum Gasteiger partial charge on any atom is -0.464 e. The number of carbonyl (C=O) groups is 5. The number of fused-ring (bicyclic) bond motifs is 7. The Morgan fingerprint density at radius 1 is 1.04 bits per heavy atom. The Bertz CT molecular complexity index is 2500. The summed E-state index contributed by atoms with van der Waals surface area (Å²) in [4.78, 5) is 86.2. The number of halogens is 1. The highest BCUT2D eigenvalue weighted by Crippen LogP contribution is 2.39. The van der Waals surface area contributed by atoms with Gasteiger partial charge in [0.25, 0.3) is 5.91 Å². The van der Waals surface area contributed by atoms with Crippen LogP contribution in [0.25, 0.3) is 17.2 Å². The van der Waals surface area contributed by atoms with Crippen LogP contribution in [0.3, 0.4) is 0 Å². The van der Waals surface area contributed by atoms with Crippen LogP contribution in [0.5, 0.6) is 0 Å². The molecule has 0 radical (unpaired) electrons. The van der Waals surface area contributed by atoms with Gasteiger partial charge in [0.2, 0.25) is 11.2 Å². The van der Waals surface area contributed by atoms with Crippen LogP contribution in [0.2, 0.25) is 5.28 Å². The fourth-order valence-electron chi connectivity index (χ4n) is 10.2. The second-order valence-electron chi connectivity index (χ2n) is 20.5. The second kappa shape index (κ2) is 23.8. The van der Waals surface area contributed by atoms with Gasteiger partial charge in [-0.3, -0.25) is 29.3 Å². The molecule has 2 saturated heterocycles. The number of amides is 5. The van der Waals surface area contributed by atoms with Gasteiger partial charge in [-0.15, -0.1) is 5.10 Å².